The summed E-state index contributed by atoms with van der Waals surface area (Å²) >= 11 is 0. The maximum atomic E-state index is 8.79. The van der Waals surface area contributed by atoms with Crippen LogP contribution in [0.15, 0.2) is 18.2 Å². The van der Waals surface area contributed by atoms with Crippen LogP contribution < -0.4 is 9.47 Å². The van der Waals surface area contributed by atoms with Crippen LogP contribution in [0, 0.1) is 11.3 Å². The van der Waals surface area contributed by atoms with Crippen LogP contribution in [0.2, 0.25) is 0 Å². The van der Waals surface area contributed by atoms with Crippen molar-refractivity contribution in [1.82, 2.24) is 0 Å². The number of ether oxygens (including phenoxy) is 3. The Hall–Kier alpha value is -1.73. The minimum absolute atomic E-state index is 0.242. The van der Waals surface area contributed by atoms with Gasteiger partial charge in [-0.05, 0) is 24.6 Å². The molecule has 0 aromatic heterocycles. The molecule has 0 radical (unpaired) electrons. The molecule has 1 aromatic rings. The second kappa shape index (κ2) is 6.77. The molecule has 17 heavy (non-hydrogen) atoms. The highest BCUT2D eigenvalue weighted by atomic mass is 16.5. The lowest BCUT2D eigenvalue weighted by Crippen LogP contribution is -2.04. The number of nitrogens with zero attached hydrogens (tertiary/aromatic N) is 1. The number of rotatable bonds is 6. The van der Waals surface area contributed by atoms with Gasteiger partial charge in [0.2, 0.25) is 0 Å². The first-order chi connectivity index (χ1) is 8.24. The summed E-state index contributed by atoms with van der Waals surface area (Å²) < 4.78 is 15.9. The normalized spacial score (nSPS) is 11.6. The van der Waals surface area contributed by atoms with Crippen LogP contribution in [0.1, 0.15) is 25.0 Å². The van der Waals surface area contributed by atoms with Crippen molar-refractivity contribution in [3.8, 4) is 17.6 Å². The molecule has 0 aliphatic carbocycles. The van der Waals surface area contributed by atoms with E-state index in [0.29, 0.717) is 24.5 Å². The highest BCUT2D eigenvalue weighted by molar-refractivity contribution is 5.39. The topological polar surface area (TPSA) is 51.5 Å². The maximum absolute atomic E-state index is 8.79. The fourth-order valence-corrected chi connectivity index (χ4v) is 1.57. The second-order valence-electron chi connectivity index (χ2n) is 3.45. The third-order valence-corrected chi connectivity index (χ3v) is 2.39. The van der Waals surface area contributed by atoms with Crippen LogP contribution in [0.5, 0.6) is 11.5 Å². The smallest absolute Gasteiger partial charge is 0.122 e. The lowest BCUT2D eigenvalue weighted by molar-refractivity contribution is 0.0656. The predicted molar refractivity (Wildman–Crippen MR) is 64.1 cm³/mol. The molecule has 1 aromatic carbocycles. The highest BCUT2D eigenvalue weighted by Crippen LogP contribution is 2.29. The van der Waals surface area contributed by atoms with E-state index in [2.05, 4.69) is 6.07 Å². The van der Waals surface area contributed by atoms with Crippen LogP contribution in [0.3, 0.4) is 0 Å². The lowest BCUT2D eigenvalue weighted by atomic mass is 10.1. The fourth-order valence-electron chi connectivity index (χ4n) is 1.57. The van der Waals surface area contributed by atoms with E-state index >= 15 is 0 Å². The molecular weight excluding hydrogens is 218 g/mol. The maximum Gasteiger partial charge on any atom is 0.122 e. The molecule has 92 valence electrons. The fraction of sp³-hybridized carbons (Fsp3) is 0.462. The Morgan fingerprint density at radius 3 is 2.18 bits per heavy atom. The van der Waals surface area contributed by atoms with Crippen molar-refractivity contribution in [3.63, 3.8) is 0 Å². The first kappa shape index (κ1) is 13.3. The van der Waals surface area contributed by atoms with E-state index in [1.54, 1.807) is 20.3 Å². The van der Waals surface area contributed by atoms with Gasteiger partial charge in [0, 0.05) is 12.7 Å². The molecule has 4 heteroatoms. The van der Waals surface area contributed by atoms with Crippen molar-refractivity contribution in [2.45, 2.75) is 19.4 Å². The molecule has 4 nitrogen and oxygen atoms in total. The van der Waals surface area contributed by atoms with E-state index in [0.717, 1.165) is 5.56 Å². The van der Waals surface area contributed by atoms with Crippen molar-refractivity contribution >= 4 is 0 Å². The highest BCUT2D eigenvalue weighted by Gasteiger charge is 2.13. The summed E-state index contributed by atoms with van der Waals surface area (Å²) in [5.41, 5.74) is 0.893. The van der Waals surface area contributed by atoms with Gasteiger partial charge in [-0.15, -0.1) is 0 Å². The molecule has 0 heterocycles. The number of benzene rings is 1. The van der Waals surface area contributed by atoms with Gasteiger partial charge in [0.1, 0.15) is 11.5 Å². The summed E-state index contributed by atoms with van der Waals surface area (Å²) in [4.78, 5) is 0. The van der Waals surface area contributed by atoms with Gasteiger partial charge in [-0.1, -0.05) is 0 Å². The number of methoxy groups -OCH3 is 2. The molecule has 1 atom stereocenters. The van der Waals surface area contributed by atoms with Crippen molar-refractivity contribution < 1.29 is 14.2 Å². The average Bonchev–Trinajstić information content (AvgIpc) is 2.37. The zero-order valence-corrected chi connectivity index (χ0v) is 10.4. The Kier molecular flexibility index (Phi) is 5.31. The predicted octanol–water partition coefficient (Wildman–Crippen LogP) is 2.70. The monoisotopic (exact) mass is 235 g/mol. The summed E-state index contributed by atoms with van der Waals surface area (Å²) in [7, 11) is 3.19. The van der Waals surface area contributed by atoms with E-state index in [1.165, 1.54) is 0 Å². The van der Waals surface area contributed by atoms with Gasteiger partial charge in [-0.25, -0.2) is 0 Å². The summed E-state index contributed by atoms with van der Waals surface area (Å²) in [5, 5.41) is 8.79. The zero-order valence-electron chi connectivity index (χ0n) is 10.4. The lowest BCUT2D eigenvalue weighted by Gasteiger charge is -2.16. The van der Waals surface area contributed by atoms with Gasteiger partial charge < -0.3 is 14.2 Å². The third kappa shape index (κ3) is 3.65. The van der Waals surface area contributed by atoms with Gasteiger partial charge in [0.25, 0.3) is 0 Å². The molecule has 0 N–H and O–H groups in total. The Bertz CT molecular complexity index is 376. The first-order valence-corrected chi connectivity index (χ1v) is 5.46. The molecule has 0 fully saturated rings. The average molecular weight is 235 g/mol. The number of nitriles is 1. The minimum atomic E-state index is -0.242. The number of hydrogen-bond donors (Lipinski definition) is 0. The van der Waals surface area contributed by atoms with Gasteiger partial charge in [0.15, 0.2) is 0 Å². The Morgan fingerprint density at radius 2 is 1.76 bits per heavy atom. The second-order valence-corrected chi connectivity index (χ2v) is 3.45. The van der Waals surface area contributed by atoms with Gasteiger partial charge in [0.05, 0.1) is 32.8 Å². The van der Waals surface area contributed by atoms with E-state index in [9.17, 15) is 0 Å². The molecule has 0 spiro atoms. The summed E-state index contributed by atoms with van der Waals surface area (Å²) in [6.45, 7) is 2.47. The third-order valence-electron chi connectivity index (χ3n) is 2.39. The van der Waals surface area contributed by atoms with E-state index < -0.39 is 0 Å². The molecule has 0 amide bonds. The summed E-state index contributed by atoms with van der Waals surface area (Å²) in [6.07, 6.45) is 0.0680. The Balaban J connectivity index is 3.04. The van der Waals surface area contributed by atoms with Crippen LogP contribution in [-0.4, -0.2) is 20.8 Å². The minimum Gasteiger partial charge on any atom is -0.497 e. The Morgan fingerprint density at radius 1 is 1.18 bits per heavy atom. The van der Waals surface area contributed by atoms with Gasteiger partial charge in [-0.2, -0.15) is 5.26 Å². The molecule has 0 aliphatic heterocycles. The van der Waals surface area contributed by atoms with Crippen molar-refractivity contribution in [3.05, 3.63) is 23.8 Å². The molecule has 1 rings (SSSR count). The Labute approximate surface area is 102 Å². The quantitative estimate of drug-likeness (QED) is 0.760. The van der Waals surface area contributed by atoms with Crippen LogP contribution in [0.4, 0.5) is 0 Å². The molecule has 1 unspecified atom stereocenters. The standard InChI is InChI=1S/C13H17NO3/c1-4-17-13(5-6-14)10-7-11(15-2)9-12(8-10)16-3/h7-9,13H,4-5H2,1-3H3. The zero-order chi connectivity index (χ0) is 12.7. The van der Waals surface area contributed by atoms with Crippen LogP contribution in [0.25, 0.3) is 0 Å². The van der Waals surface area contributed by atoms with Crippen molar-refractivity contribution in [1.29, 1.82) is 5.26 Å². The number of hydrogen-bond acceptors (Lipinski definition) is 4. The van der Waals surface area contributed by atoms with E-state index in [1.807, 2.05) is 19.1 Å². The van der Waals surface area contributed by atoms with Crippen LogP contribution in [-0.2, 0) is 4.74 Å². The van der Waals surface area contributed by atoms with Crippen LogP contribution >= 0.6 is 0 Å². The van der Waals surface area contributed by atoms with Gasteiger partial charge in [-0.3, -0.25) is 0 Å². The van der Waals surface area contributed by atoms with E-state index in [4.69, 9.17) is 19.5 Å². The summed E-state index contributed by atoms with van der Waals surface area (Å²) in [5.74, 6) is 1.39. The molecule has 0 aliphatic rings. The SMILES string of the molecule is CCOC(CC#N)c1cc(OC)cc(OC)c1. The first-order valence-electron chi connectivity index (χ1n) is 5.46. The summed E-state index contributed by atoms with van der Waals surface area (Å²) in [6, 6.07) is 7.63. The van der Waals surface area contributed by atoms with Crippen molar-refractivity contribution in [2.24, 2.45) is 0 Å². The van der Waals surface area contributed by atoms with Gasteiger partial charge >= 0.3 is 0 Å². The molecular formula is C13H17NO3. The molecule has 0 saturated carbocycles. The van der Waals surface area contributed by atoms with E-state index in [-0.39, 0.29) is 6.10 Å². The molecule has 0 bridgehead atoms. The molecule has 0 saturated heterocycles. The largest absolute Gasteiger partial charge is 0.497 e. The van der Waals surface area contributed by atoms with Crippen molar-refractivity contribution in [2.75, 3.05) is 20.8 Å².